The minimum Gasteiger partial charge on any atom is -0.338 e. The lowest BCUT2D eigenvalue weighted by Crippen LogP contribution is -2.52. The third kappa shape index (κ3) is 3.82. The second kappa shape index (κ2) is 8.16. The van der Waals surface area contributed by atoms with Crippen LogP contribution in [0, 0.1) is 6.92 Å². The van der Waals surface area contributed by atoms with E-state index in [-0.39, 0.29) is 18.0 Å². The molecule has 2 atom stereocenters. The number of fused-ring (bicyclic) bond motifs is 2. The van der Waals surface area contributed by atoms with Crippen LogP contribution in [0.3, 0.4) is 0 Å². The zero-order valence-electron chi connectivity index (χ0n) is 16.8. The van der Waals surface area contributed by atoms with Gasteiger partial charge in [0.15, 0.2) is 0 Å². The first-order valence-corrected chi connectivity index (χ1v) is 11.1. The predicted molar refractivity (Wildman–Crippen MR) is 118 cm³/mol. The Morgan fingerprint density at radius 1 is 1.17 bits per heavy atom. The zero-order chi connectivity index (χ0) is 20.5. The van der Waals surface area contributed by atoms with E-state index in [1.807, 2.05) is 18.7 Å². The molecule has 5 rings (SSSR count). The standard InChI is InChI=1S/C23H24N4O2S/c1-15-13-22(29-26-15)25-23(28)17-8-6-7-16(24-17)14-27-18-9-2-4-11-20(18)30-21-12-5-3-10-19(21)27/h2-5,9-13,16-17,24H,6-8,14H2,1H3,(H,25,28). The van der Waals surface area contributed by atoms with Crippen molar-refractivity contribution in [1.29, 1.82) is 0 Å². The smallest absolute Gasteiger partial charge is 0.243 e. The molecular formula is C23H24N4O2S. The van der Waals surface area contributed by atoms with Crippen LogP contribution in [0.2, 0.25) is 0 Å². The van der Waals surface area contributed by atoms with Gasteiger partial charge >= 0.3 is 0 Å². The summed E-state index contributed by atoms with van der Waals surface area (Å²) in [6.45, 7) is 2.65. The molecule has 0 saturated carbocycles. The molecule has 3 aromatic rings. The van der Waals surface area contributed by atoms with Crippen LogP contribution in [-0.4, -0.2) is 29.7 Å². The van der Waals surface area contributed by atoms with Gasteiger partial charge in [0.25, 0.3) is 0 Å². The number of nitrogens with one attached hydrogen (secondary N) is 2. The number of aromatic nitrogens is 1. The molecule has 7 heteroatoms. The SMILES string of the molecule is Cc1cc(NC(=O)C2CCCC(CN3c4ccccc4Sc4ccccc43)N2)on1. The Balaban J connectivity index is 1.33. The Hall–Kier alpha value is -2.77. The second-order valence-electron chi connectivity index (χ2n) is 7.82. The third-order valence-corrected chi connectivity index (χ3v) is 6.74. The van der Waals surface area contributed by atoms with Gasteiger partial charge in [-0.1, -0.05) is 41.2 Å². The first-order valence-electron chi connectivity index (χ1n) is 10.3. The van der Waals surface area contributed by atoms with Crippen molar-refractivity contribution < 1.29 is 9.32 Å². The molecule has 2 aliphatic rings. The molecule has 0 bridgehead atoms. The van der Waals surface area contributed by atoms with Crippen molar-refractivity contribution in [2.45, 2.75) is 48.1 Å². The largest absolute Gasteiger partial charge is 0.338 e. The van der Waals surface area contributed by atoms with E-state index in [1.54, 1.807) is 6.07 Å². The zero-order valence-corrected chi connectivity index (χ0v) is 17.6. The Kier molecular flexibility index (Phi) is 5.23. The number of para-hydroxylation sites is 2. The fourth-order valence-corrected chi connectivity index (χ4v) is 5.30. The van der Waals surface area contributed by atoms with Crippen LogP contribution < -0.4 is 15.5 Å². The van der Waals surface area contributed by atoms with Crippen molar-refractivity contribution in [1.82, 2.24) is 10.5 Å². The first-order chi connectivity index (χ1) is 14.7. The van der Waals surface area contributed by atoms with E-state index in [2.05, 4.69) is 69.2 Å². The maximum atomic E-state index is 12.7. The van der Waals surface area contributed by atoms with Gasteiger partial charge in [-0.2, -0.15) is 0 Å². The van der Waals surface area contributed by atoms with Crippen molar-refractivity contribution in [2.24, 2.45) is 0 Å². The lowest BCUT2D eigenvalue weighted by molar-refractivity contribution is -0.119. The van der Waals surface area contributed by atoms with Crippen LogP contribution in [0.4, 0.5) is 17.3 Å². The number of benzene rings is 2. The summed E-state index contributed by atoms with van der Waals surface area (Å²) in [5, 5.41) is 10.2. The first kappa shape index (κ1) is 19.2. The van der Waals surface area contributed by atoms with E-state index in [9.17, 15) is 4.79 Å². The molecular weight excluding hydrogens is 396 g/mol. The van der Waals surface area contributed by atoms with E-state index < -0.39 is 0 Å². The van der Waals surface area contributed by atoms with Crippen molar-refractivity contribution in [3.05, 3.63) is 60.3 Å². The highest BCUT2D eigenvalue weighted by Crippen LogP contribution is 2.47. The van der Waals surface area contributed by atoms with Gasteiger partial charge in [0.1, 0.15) is 0 Å². The maximum Gasteiger partial charge on any atom is 0.243 e. The quantitative estimate of drug-likeness (QED) is 0.636. The molecule has 2 N–H and O–H groups in total. The van der Waals surface area contributed by atoms with Gasteiger partial charge in [0.2, 0.25) is 11.8 Å². The number of rotatable bonds is 4. The number of anilines is 3. The van der Waals surface area contributed by atoms with Gasteiger partial charge in [-0.05, 0) is 50.5 Å². The molecule has 1 aromatic heterocycles. The van der Waals surface area contributed by atoms with E-state index in [4.69, 9.17) is 4.52 Å². The highest BCUT2D eigenvalue weighted by Gasteiger charge is 2.31. The van der Waals surface area contributed by atoms with Gasteiger partial charge in [-0.25, -0.2) is 0 Å². The Labute approximate surface area is 180 Å². The van der Waals surface area contributed by atoms with Gasteiger partial charge < -0.3 is 14.7 Å². The normalized spacial score (nSPS) is 20.4. The number of hydrogen-bond acceptors (Lipinski definition) is 6. The number of aryl methyl sites for hydroxylation is 1. The summed E-state index contributed by atoms with van der Waals surface area (Å²) < 4.78 is 5.13. The molecule has 30 heavy (non-hydrogen) atoms. The fraction of sp³-hybridized carbons (Fsp3) is 0.304. The summed E-state index contributed by atoms with van der Waals surface area (Å²) in [6.07, 6.45) is 2.87. The summed E-state index contributed by atoms with van der Waals surface area (Å²) in [7, 11) is 0. The number of amides is 1. The average molecular weight is 421 g/mol. The van der Waals surface area contributed by atoms with E-state index in [0.717, 1.165) is 31.5 Å². The Morgan fingerprint density at radius 3 is 2.53 bits per heavy atom. The summed E-state index contributed by atoms with van der Waals surface area (Å²) in [6, 6.07) is 18.8. The average Bonchev–Trinajstić information content (AvgIpc) is 3.18. The minimum absolute atomic E-state index is 0.0640. The van der Waals surface area contributed by atoms with Crippen molar-refractivity contribution in [3.63, 3.8) is 0 Å². The highest BCUT2D eigenvalue weighted by atomic mass is 32.2. The lowest BCUT2D eigenvalue weighted by atomic mass is 9.97. The highest BCUT2D eigenvalue weighted by molar-refractivity contribution is 7.99. The van der Waals surface area contributed by atoms with E-state index >= 15 is 0 Å². The maximum absolute atomic E-state index is 12.7. The molecule has 2 aromatic carbocycles. The number of carbonyl (C=O) groups is 1. The fourth-order valence-electron chi connectivity index (χ4n) is 4.20. The van der Waals surface area contributed by atoms with Crippen molar-refractivity contribution >= 4 is 34.9 Å². The molecule has 1 saturated heterocycles. The number of carbonyl (C=O) groups excluding carboxylic acids is 1. The van der Waals surface area contributed by atoms with Crippen LogP contribution in [0.5, 0.6) is 0 Å². The summed E-state index contributed by atoms with van der Waals surface area (Å²) in [5.41, 5.74) is 3.21. The van der Waals surface area contributed by atoms with Gasteiger partial charge in [-0.15, -0.1) is 0 Å². The molecule has 2 aliphatic heterocycles. The van der Waals surface area contributed by atoms with Crippen LogP contribution in [-0.2, 0) is 4.79 Å². The van der Waals surface area contributed by atoms with Crippen LogP contribution in [0.1, 0.15) is 25.0 Å². The number of piperidine rings is 1. The summed E-state index contributed by atoms with van der Waals surface area (Å²) in [4.78, 5) is 17.7. The number of nitrogens with zero attached hydrogens (tertiary/aromatic N) is 2. The molecule has 1 amide bonds. The predicted octanol–water partition coefficient (Wildman–Crippen LogP) is 4.74. The molecule has 0 aliphatic carbocycles. The lowest BCUT2D eigenvalue weighted by Gasteiger charge is -2.38. The molecule has 0 radical (unpaired) electrons. The molecule has 154 valence electrons. The molecule has 2 unspecified atom stereocenters. The number of hydrogen-bond donors (Lipinski definition) is 2. The third-order valence-electron chi connectivity index (χ3n) is 5.61. The summed E-state index contributed by atoms with van der Waals surface area (Å²) >= 11 is 1.81. The van der Waals surface area contributed by atoms with Crippen LogP contribution in [0.25, 0.3) is 0 Å². The topological polar surface area (TPSA) is 70.4 Å². The molecule has 1 fully saturated rings. The second-order valence-corrected chi connectivity index (χ2v) is 8.90. The van der Waals surface area contributed by atoms with Crippen molar-refractivity contribution in [3.8, 4) is 0 Å². The van der Waals surface area contributed by atoms with Gasteiger partial charge in [0, 0.05) is 28.4 Å². The van der Waals surface area contributed by atoms with Gasteiger partial charge in [0.05, 0.1) is 23.1 Å². The Bertz CT molecular complexity index is 1020. The molecule has 3 heterocycles. The minimum atomic E-state index is -0.237. The van der Waals surface area contributed by atoms with E-state index in [1.165, 1.54) is 21.2 Å². The molecule has 0 spiro atoms. The Morgan fingerprint density at radius 2 is 1.87 bits per heavy atom. The van der Waals surface area contributed by atoms with Crippen molar-refractivity contribution in [2.75, 3.05) is 16.8 Å². The summed E-state index contributed by atoms with van der Waals surface area (Å²) in [5.74, 6) is 0.336. The van der Waals surface area contributed by atoms with E-state index in [0.29, 0.717) is 5.88 Å². The van der Waals surface area contributed by atoms with Crippen LogP contribution >= 0.6 is 11.8 Å². The monoisotopic (exact) mass is 420 g/mol. The van der Waals surface area contributed by atoms with Gasteiger partial charge in [-0.3, -0.25) is 10.1 Å². The molecule has 6 nitrogen and oxygen atoms in total. The van der Waals surface area contributed by atoms with Crippen LogP contribution in [0.15, 0.2) is 68.9 Å².